The second-order valence-corrected chi connectivity index (χ2v) is 12.1. The highest BCUT2D eigenvalue weighted by Crippen LogP contribution is 2.47. The Hall–Kier alpha value is -4.24. The van der Waals surface area contributed by atoms with Crippen molar-refractivity contribution in [2.24, 2.45) is 10.9 Å². The quantitative estimate of drug-likeness (QED) is 0.266. The number of allylic oxidation sites excluding steroid dienone is 4. The van der Waals surface area contributed by atoms with E-state index < -0.39 is 5.41 Å². The Kier molecular flexibility index (Phi) is 9.11. The number of nitrogens with one attached hydrogen (secondary N) is 1. The number of amides is 1. The first kappa shape index (κ1) is 30.2. The lowest BCUT2D eigenvalue weighted by molar-refractivity contribution is 0.0952. The molecule has 0 bridgehead atoms. The van der Waals surface area contributed by atoms with Gasteiger partial charge in [-0.2, -0.15) is 5.26 Å². The molecule has 6 heteroatoms. The molecule has 1 saturated heterocycles. The molecule has 2 aromatic rings. The van der Waals surface area contributed by atoms with Gasteiger partial charge in [-0.1, -0.05) is 54.5 Å². The predicted octanol–water partition coefficient (Wildman–Crippen LogP) is 5.27. The van der Waals surface area contributed by atoms with Gasteiger partial charge >= 0.3 is 0 Å². The van der Waals surface area contributed by atoms with Crippen molar-refractivity contribution in [3.63, 3.8) is 0 Å². The van der Waals surface area contributed by atoms with Gasteiger partial charge in [0.25, 0.3) is 5.91 Å². The lowest BCUT2D eigenvalue weighted by Crippen LogP contribution is -2.40. The first-order valence-corrected chi connectivity index (χ1v) is 15.4. The summed E-state index contributed by atoms with van der Waals surface area (Å²) < 4.78 is 0. The Morgan fingerprint density at radius 1 is 1.23 bits per heavy atom. The number of nitrogens with zero attached hydrogens (tertiary/aromatic N) is 4. The number of fused-ring (bicyclic) bond motifs is 1. The zero-order valence-electron chi connectivity index (χ0n) is 26.0. The molecule has 2 heterocycles. The van der Waals surface area contributed by atoms with E-state index in [1.54, 1.807) is 0 Å². The third-order valence-electron chi connectivity index (χ3n) is 8.87. The number of aromatic nitrogens is 1. The van der Waals surface area contributed by atoms with Crippen LogP contribution < -0.4 is 15.9 Å². The van der Waals surface area contributed by atoms with Gasteiger partial charge in [-0.05, 0) is 87.1 Å². The number of benzene rings is 1. The van der Waals surface area contributed by atoms with Gasteiger partial charge in [0, 0.05) is 55.9 Å². The average molecular weight is 573 g/mol. The van der Waals surface area contributed by atoms with E-state index in [0.717, 1.165) is 52.6 Å². The van der Waals surface area contributed by atoms with Crippen LogP contribution in [0.1, 0.15) is 80.4 Å². The Morgan fingerprint density at radius 3 is 2.74 bits per heavy atom. The first-order valence-electron chi connectivity index (χ1n) is 15.4. The van der Waals surface area contributed by atoms with Crippen LogP contribution in [-0.2, 0) is 11.8 Å². The zero-order chi connectivity index (χ0) is 30.6. The van der Waals surface area contributed by atoms with Crippen molar-refractivity contribution in [1.29, 1.82) is 5.26 Å². The second-order valence-electron chi connectivity index (χ2n) is 12.1. The number of likely N-dealkylation sites (tertiary alicyclic amines) is 1. The molecule has 1 fully saturated rings. The summed E-state index contributed by atoms with van der Waals surface area (Å²) in [7, 11) is 0. The van der Waals surface area contributed by atoms with Crippen LogP contribution in [0.5, 0.6) is 0 Å². The molecule has 1 amide bonds. The summed E-state index contributed by atoms with van der Waals surface area (Å²) in [5.74, 6) is 1.08. The molecular weight excluding hydrogens is 530 g/mol. The van der Waals surface area contributed by atoms with Crippen molar-refractivity contribution >= 4 is 23.9 Å². The summed E-state index contributed by atoms with van der Waals surface area (Å²) in [6, 6.07) is 10.5. The van der Waals surface area contributed by atoms with Crippen molar-refractivity contribution < 1.29 is 4.79 Å². The largest absolute Gasteiger partial charge is 0.360 e. The highest BCUT2D eigenvalue weighted by Gasteiger charge is 2.39. The number of hydrogen-bond acceptors (Lipinski definition) is 4. The van der Waals surface area contributed by atoms with Crippen LogP contribution in [0.3, 0.4) is 0 Å². The Balaban J connectivity index is 1.32. The molecule has 1 radical (unpaired) electrons. The first-order chi connectivity index (χ1) is 20.7. The van der Waals surface area contributed by atoms with Gasteiger partial charge in [-0.25, -0.2) is 4.99 Å². The van der Waals surface area contributed by atoms with Crippen molar-refractivity contribution in [2.75, 3.05) is 19.6 Å². The van der Waals surface area contributed by atoms with E-state index in [-0.39, 0.29) is 17.7 Å². The number of aliphatic imine (C=N–C) groups is 1. The summed E-state index contributed by atoms with van der Waals surface area (Å²) in [6.07, 6.45) is 19.2. The van der Waals surface area contributed by atoms with Crippen molar-refractivity contribution in [1.82, 2.24) is 15.2 Å². The summed E-state index contributed by atoms with van der Waals surface area (Å²) in [5.41, 5.74) is 5.80. The number of amidine groups is 1. The van der Waals surface area contributed by atoms with E-state index in [4.69, 9.17) is 4.98 Å². The topological polar surface area (TPSA) is 81.4 Å². The molecule has 221 valence electrons. The van der Waals surface area contributed by atoms with E-state index in [9.17, 15) is 10.1 Å². The normalized spacial score (nSPS) is 22.1. The minimum absolute atomic E-state index is 0.0139. The van der Waals surface area contributed by atoms with E-state index in [1.165, 1.54) is 17.6 Å². The summed E-state index contributed by atoms with van der Waals surface area (Å²) in [6.45, 7) is 12.8. The number of carbonyl (C=O) groups is 1. The molecular formula is C37H42N5O. The smallest absolute Gasteiger partial charge is 0.251 e. The number of pyridine rings is 1. The van der Waals surface area contributed by atoms with E-state index in [1.807, 2.05) is 63.5 Å². The highest BCUT2D eigenvalue weighted by atomic mass is 16.1. The lowest BCUT2D eigenvalue weighted by atomic mass is 9.77. The van der Waals surface area contributed by atoms with Crippen LogP contribution in [0, 0.1) is 23.7 Å². The molecule has 1 aliphatic heterocycles. The fraction of sp³-hybridized carbons (Fsp3) is 0.378. The van der Waals surface area contributed by atoms with Crippen LogP contribution in [0.2, 0.25) is 0 Å². The number of carbonyl (C=O) groups excluding carboxylic acids is 1. The maximum atomic E-state index is 13.3. The molecule has 6 nitrogen and oxygen atoms in total. The molecule has 3 aliphatic rings. The molecule has 0 spiro atoms. The Morgan fingerprint density at radius 2 is 2.05 bits per heavy atom. The van der Waals surface area contributed by atoms with Crippen molar-refractivity contribution in [3.8, 4) is 6.07 Å². The minimum Gasteiger partial charge on any atom is -0.360 e. The Bertz CT molecular complexity index is 1680. The monoisotopic (exact) mass is 572 g/mol. The standard InChI is InChI=1S/C37H42N5O/c1-6-9-27(16-31-19-33(23-40-35(31)7-2)25(3)12-13-39-26(4)42-14-8-15-42)22-41-36(43)29-11-10-28-17-30-18-32(30)21-37(5,24-38)34(28)20-29/h6-7,9-13,16,18-20,23,25,27H,8,14-15,17,21-22H2,1-5H3,(H,41,43)/b9-6-,13-12-,31-16-,35-7+,39-26?/t25?,27?,37-/m0/s1. The predicted molar refractivity (Wildman–Crippen MR) is 175 cm³/mol. The van der Waals surface area contributed by atoms with Crippen molar-refractivity contribution in [2.45, 2.75) is 65.2 Å². The van der Waals surface area contributed by atoms with E-state index >= 15 is 0 Å². The van der Waals surface area contributed by atoms with Crippen molar-refractivity contribution in [3.05, 3.63) is 105 Å². The van der Waals surface area contributed by atoms with Gasteiger partial charge in [0.15, 0.2) is 0 Å². The van der Waals surface area contributed by atoms with Gasteiger partial charge in [-0.3, -0.25) is 9.78 Å². The van der Waals surface area contributed by atoms with Crippen LogP contribution >= 0.6 is 0 Å². The van der Waals surface area contributed by atoms with Gasteiger partial charge in [0.2, 0.25) is 0 Å². The number of hydrogen-bond donors (Lipinski definition) is 1. The highest BCUT2D eigenvalue weighted by molar-refractivity contribution is 5.94. The second kappa shape index (κ2) is 13.0. The minimum atomic E-state index is -0.631. The molecule has 43 heavy (non-hydrogen) atoms. The van der Waals surface area contributed by atoms with E-state index in [2.05, 4.69) is 65.8 Å². The molecule has 1 N–H and O–H groups in total. The van der Waals surface area contributed by atoms with Gasteiger partial charge in [0.05, 0.1) is 16.8 Å². The number of rotatable bonds is 8. The fourth-order valence-corrected chi connectivity index (χ4v) is 5.89. The maximum absolute atomic E-state index is 13.3. The molecule has 1 aromatic heterocycles. The molecule has 3 atom stereocenters. The number of nitriles is 1. The molecule has 1 aromatic carbocycles. The third kappa shape index (κ3) is 6.88. The van der Waals surface area contributed by atoms with Gasteiger partial charge in [-0.15, -0.1) is 0 Å². The van der Waals surface area contributed by atoms with Crippen LogP contribution in [0.4, 0.5) is 0 Å². The maximum Gasteiger partial charge on any atom is 0.251 e. The summed E-state index contributed by atoms with van der Waals surface area (Å²) in [4.78, 5) is 25.0. The SMILES string of the molecule is C/C=C\C(/C=c1/cc(C(C)/C=C\N=C(C)N2CCC2)cn/c1=C/C)CNC(=O)c1ccc2c(c1)[C@](C)(C#N)CC1=C([CH]1)C2. The third-order valence-corrected chi connectivity index (χ3v) is 8.87. The Labute approximate surface area is 255 Å². The van der Waals surface area contributed by atoms with Gasteiger partial charge < -0.3 is 10.2 Å². The fourth-order valence-electron chi connectivity index (χ4n) is 5.89. The van der Waals surface area contributed by atoms with Crippen LogP contribution in [-0.4, -0.2) is 41.3 Å². The lowest BCUT2D eigenvalue weighted by Gasteiger charge is -2.32. The van der Waals surface area contributed by atoms with Crippen LogP contribution in [0.25, 0.3) is 12.2 Å². The molecule has 5 rings (SSSR count). The van der Waals surface area contributed by atoms with Crippen LogP contribution in [0.15, 0.2) is 71.0 Å². The molecule has 2 unspecified atom stereocenters. The summed E-state index contributed by atoms with van der Waals surface area (Å²) >= 11 is 0. The summed E-state index contributed by atoms with van der Waals surface area (Å²) in [5, 5.41) is 15.1. The zero-order valence-corrected chi connectivity index (χ0v) is 26.0. The average Bonchev–Trinajstić information content (AvgIpc) is 3.72. The molecule has 2 aliphatic carbocycles. The van der Waals surface area contributed by atoms with Gasteiger partial charge in [0.1, 0.15) is 5.84 Å². The molecule has 0 saturated carbocycles. The van der Waals surface area contributed by atoms with E-state index in [0.29, 0.717) is 18.5 Å².